The lowest BCUT2D eigenvalue weighted by atomic mass is 10.1. The van der Waals surface area contributed by atoms with Crippen molar-refractivity contribution >= 4 is 28.9 Å². The summed E-state index contributed by atoms with van der Waals surface area (Å²) in [7, 11) is 0. The number of hydrogen-bond donors (Lipinski definition) is 2. The van der Waals surface area contributed by atoms with Crippen molar-refractivity contribution in [2.24, 2.45) is 0 Å². The molecule has 1 saturated heterocycles. The van der Waals surface area contributed by atoms with Crippen molar-refractivity contribution in [1.82, 2.24) is 9.97 Å². The minimum atomic E-state index is 0.0150. The Hall–Kier alpha value is -3.41. The fourth-order valence-corrected chi connectivity index (χ4v) is 3.64. The number of anilines is 4. The van der Waals surface area contributed by atoms with Crippen LogP contribution in [0.5, 0.6) is 0 Å². The molecule has 2 heterocycles. The summed E-state index contributed by atoms with van der Waals surface area (Å²) in [5.74, 6) is 2.53. The van der Waals surface area contributed by atoms with Crippen molar-refractivity contribution in [2.75, 3.05) is 28.6 Å². The van der Waals surface area contributed by atoms with Crippen LogP contribution >= 0.6 is 0 Å². The molecule has 1 aliphatic heterocycles. The first-order valence-corrected chi connectivity index (χ1v) is 10.5. The number of carbonyl (C=O) groups is 1. The highest BCUT2D eigenvalue weighted by molar-refractivity contribution is 5.91. The minimum Gasteiger partial charge on any atom is -0.356 e. The number of amides is 1. The van der Waals surface area contributed by atoms with Crippen LogP contribution in [0.4, 0.5) is 23.0 Å². The van der Waals surface area contributed by atoms with Gasteiger partial charge >= 0.3 is 0 Å². The number of nitrogens with one attached hydrogen (secondary N) is 2. The predicted molar refractivity (Wildman–Crippen MR) is 121 cm³/mol. The van der Waals surface area contributed by atoms with Crippen LogP contribution < -0.4 is 15.5 Å². The number of rotatable bonds is 7. The van der Waals surface area contributed by atoms with Crippen molar-refractivity contribution in [2.45, 2.75) is 32.6 Å². The molecule has 0 unspecified atom stereocenters. The van der Waals surface area contributed by atoms with Gasteiger partial charge in [-0.15, -0.1) is 0 Å². The third-order valence-corrected chi connectivity index (χ3v) is 5.18. The molecule has 0 saturated carbocycles. The molecule has 1 amide bonds. The Morgan fingerprint density at radius 1 is 0.967 bits per heavy atom. The lowest BCUT2D eigenvalue weighted by molar-refractivity contribution is -0.116. The van der Waals surface area contributed by atoms with Gasteiger partial charge in [0, 0.05) is 37.0 Å². The molecule has 1 aromatic heterocycles. The van der Waals surface area contributed by atoms with Crippen molar-refractivity contribution < 1.29 is 4.79 Å². The van der Waals surface area contributed by atoms with E-state index in [-0.39, 0.29) is 5.91 Å². The molecule has 0 atom stereocenters. The van der Waals surface area contributed by atoms with Crippen molar-refractivity contribution in [3.63, 3.8) is 0 Å². The first kappa shape index (κ1) is 19.9. The molecule has 6 heteroatoms. The van der Waals surface area contributed by atoms with Gasteiger partial charge in [0.15, 0.2) is 0 Å². The Morgan fingerprint density at radius 2 is 1.67 bits per heavy atom. The molecule has 30 heavy (non-hydrogen) atoms. The summed E-state index contributed by atoms with van der Waals surface area (Å²) in [6, 6.07) is 19.7. The summed E-state index contributed by atoms with van der Waals surface area (Å²) in [6.45, 7) is 4.02. The maximum absolute atomic E-state index is 12.2. The van der Waals surface area contributed by atoms with Crippen LogP contribution in [0.3, 0.4) is 0 Å². The standard InChI is InChI=1S/C24H27N5O/c1-18-25-22(17-23(26-18)29-15-5-6-16-29)27-20-10-12-21(13-11-20)28-24(30)14-9-19-7-3-2-4-8-19/h2-4,7-8,10-13,17H,5-6,9,14-16H2,1H3,(H,28,30)(H,25,26,27). The van der Waals surface area contributed by atoms with Gasteiger partial charge in [-0.3, -0.25) is 4.79 Å². The SMILES string of the molecule is Cc1nc(Nc2ccc(NC(=O)CCc3ccccc3)cc2)cc(N2CCCC2)n1. The number of nitrogens with zero attached hydrogens (tertiary/aromatic N) is 3. The van der Waals surface area contributed by atoms with Crippen molar-refractivity contribution in [1.29, 1.82) is 0 Å². The first-order chi connectivity index (χ1) is 14.7. The zero-order valence-electron chi connectivity index (χ0n) is 17.3. The third kappa shape index (κ3) is 5.35. The Balaban J connectivity index is 1.34. The van der Waals surface area contributed by atoms with E-state index in [1.165, 1.54) is 18.4 Å². The summed E-state index contributed by atoms with van der Waals surface area (Å²) in [5, 5.41) is 6.30. The van der Waals surface area contributed by atoms with Gasteiger partial charge < -0.3 is 15.5 Å². The monoisotopic (exact) mass is 401 g/mol. The topological polar surface area (TPSA) is 70.2 Å². The summed E-state index contributed by atoms with van der Waals surface area (Å²) in [5.41, 5.74) is 2.87. The summed E-state index contributed by atoms with van der Waals surface area (Å²) in [4.78, 5) is 23.6. The van der Waals surface area contributed by atoms with E-state index in [4.69, 9.17) is 0 Å². The smallest absolute Gasteiger partial charge is 0.224 e. The predicted octanol–water partition coefficient (Wildman–Crippen LogP) is 4.70. The van der Waals surface area contributed by atoms with Gasteiger partial charge in [0.25, 0.3) is 0 Å². The van der Waals surface area contributed by atoms with Crippen LogP contribution in [0, 0.1) is 6.92 Å². The van der Waals surface area contributed by atoms with E-state index < -0.39 is 0 Å². The van der Waals surface area contributed by atoms with Gasteiger partial charge in [-0.05, 0) is 56.0 Å². The third-order valence-electron chi connectivity index (χ3n) is 5.18. The van der Waals surface area contributed by atoms with Crippen LogP contribution in [-0.4, -0.2) is 29.0 Å². The molecule has 1 aliphatic rings. The molecule has 2 N–H and O–H groups in total. The number of carbonyl (C=O) groups excluding carboxylic acids is 1. The van der Waals surface area contributed by atoms with Crippen LogP contribution in [0.15, 0.2) is 60.7 Å². The first-order valence-electron chi connectivity index (χ1n) is 10.5. The van der Waals surface area contributed by atoms with Gasteiger partial charge in [-0.25, -0.2) is 9.97 Å². The van der Waals surface area contributed by atoms with Crippen LogP contribution in [-0.2, 0) is 11.2 Å². The lowest BCUT2D eigenvalue weighted by Crippen LogP contribution is -2.19. The van der Waals surface area contributed by atoms with Gasteiger partial charge in [0.05, 0.1) is 0 Å². The fourth-order valence-electron chi connectivity index (χ4n) is 3.64. The Morgan fingerprint density at radius 3 is 2.40 bits per heavy atom. The zero-order valence-corrected chi connectivity index (χ0v) is 17.3. The van der Waals surface area contributed by atoms with Gasteiger partial charge in [0.1, 0.15) is 17.5 Å². The molecule has 0 radical (unpaired) electrons. The summed E-state index contributed by atoms with van der Waals surface area (Å²) in [6.07, 6.45) is 3.62. The number of hydrogen-bond acceptors (Lipinski definition) is 5. The van der Waals surface area contributed by atoms with Gasteiger partial charge in [-0.2, -0.15) is 0 Å². The molecule has 2 aromatic carbocycles. The molecule has 6 nitrogen and oxygen atoms in total. The number of aryl methyl sites for hydroxylation is 2. The van der Waals surface area contributed by atoms with Crippen LogP contribution in [0.1, 0.15) is 30.7 Å². The van der Waals surface area contributed by atoms with E-state index >= 15 is 0 Å². The van der Waals surface area contributed by atoms with E-state index in [0.717, 1.165) is 48.3 Å². The second-order valence-electron chi connectivity index (χ2n) is 7.59. The minimum absolute atomic E-state index is 0.0150. The quantitative estimate of drug-likeness (QED) is 0.600. The van der Waals surface area contributed by atoms with Crippen LogP contribution in [0.2, 0.25) is 0 Å². The largest absolute Gasteiger partial charge is 0.356 e. The number of benzene rings is 2. The molecule has 0 aliphatic carbocycles. The molecule has 0 bridgehead atoms. The second kappa shape index (κ2) is 9.39. The molecule has 4 rings (SSSR count). The van der Waals surface area contributed by atoms with E-state index in [0.29, 0.717) is 6.42 Å². The second-order valence-corrected chi connectivity index (χ2v) is 7.59. The fraction of sp³-hybridized carbons (Fsp3) is 0.292. The zero-order chi connectivity index (χ0) is 20.8. The van der Waals surface area contributed by atoms with Gasteiger partial charge in [0.2, 0.25) is 5.91 Å². The average molecular weight is 402 g/mol. The average Bonchev–Trinajstić information content (AvgIpc) is 3.29. The Bertz CT molecular complexity index is 982. The molecule has 154 valence electrons. The molecule has 0 spiro atoms. The van der Waals surface area contributed by atoms with Crippen molar-refractivity contribution in [3.8, 4) is 0 Å². The molecule has 3 aromatic rings. The van der Waals surface area contributed by atoms with E-state index in [2.05, 4.69) is 25.5 Å². The van der Waals surface area contributed by atoms with Crippen LogP contribution in [0.25, 0.3) is 0 Å². The van der Waals surface area contributed by atoms with Gasteiger partial charge in [-0.1, -0.05) is 30.3 Å². The van der Waals surface area contributed by atoms with E-state index in [1.54, 1.807) is 0 Å². The highest BCUT2D eigenvalue weighted by Gasteiger charge is 2.15. The van der Waals surface area contributed by atoms with E-state index in [9.17, 15) is 4.79 Å². The normalized spacial score (nSPS) is 13.3. The summed E-state index contributed by atoms with van der Waals surface area (Å²) < 4.78 is 0. The molecular weight excluding hydrogens is 374 g/mol. The highest BCUT2D eigenvalue weighted by atomic mass is 16.1. The van der Waals surface area contributed by atoms with Crippen molar-refractivity contribution in [3.05, 3.63) is 72.1 Å². The molecular formula is C24H27N5O. The van der Waals surface area contributed by atoms with E-state index in [1.807, 2.05) is 67.6 Å². The number of aromatic nitrogens is 2. The highest BCUT2D eigenvalue weighted by Crippen LogP contribution is 2.23. The maximum Gasteiger partial charge on any atom is 0.224 e. The lowest BCUT2D eigenvalue weighted by Gasteiger charge is -2.18. The Kier molecular flexibility index (Phi) is 6.23. The maximum atomic E-state index is 12.2. The Labute approximate surface area is 177 Å². The molecule has 1 fully saturated rings. The summed E-state index contributed by atoms with van der Waals surface area (Å²) >= 11 is 0.